The molecule has 1 fully saturated rings. The molecule has 0 radical (unpaired) electrons. The highest BCUT2D eigenvalue weighted by Gasteiger charge is 2.48. The van der Waals surface area contributed by atoms with Gasteiger partial charge in [0.25, 0.3) is 5.78 Å². The fourth-order valence-corrected chi connectivity index (χ4v) is 4.98. The van der Waals surface area contributed by atoms with Crippen molar-refractivity contribution in [1.82, 2.24) is 4.98 Å². The van der Waals surface area contributed by atoms with Gasteiger partial charge < -0.3 is 19.7 Å². The molecule has 9 nitrogen and oxygen atoms in total. The maximum Gasteiger partial charge on any atom is 0.350 e. The van der Waals surface area contributed by atoms with Gasteiger partial charge in [-0.25, -0.2) is 9.78 Å². The van der Waals surface area contributed by atoms with E-state index in [0.717, 1.165) is 16.2 Å². The number of phenols is 1. The molecule has 1 aromatic heterocycles. The summed E-state index contributed by atoms with van der Waals surface area (Å²) in [5.74, 6) is -2.16. The third-order valence-electron chi connectivity index (χ3n) is 5.61. The van der Waals surface area contributed by atoms with Gasteiger partial charge >= 0.3 is 11.9 Å². The zero-order valence-corrected chi connectivity index (χ0v) is 21.5. The van der Waals surface area contributed by atoms with E-state index in [1.54, 1.807) is 50.2 Å². The number of ether oxygens (including phenoxy) is 2. The van der Waals surface area contributed by atoms with E-state index in [4.69, 9.17) is 9.47 Å². The summed E-state index contributed by atoms with van der Waals surface area (Å²) < 4.78 is 10.7. The van der Waals surface area contributed by atoms with Crippen molar-refractivity contribution in [3.05, 3.63) is 75.8 Å². The van der Waals surface area contributed by atoms with E-state index in [9.17, 15) is 24.6 Å². The zero-order valence-electron chi connectivity index (χ0n) is 20.7. The number of ketones is 1. The number of rotatable bonds is 7. The summed E-state index contributed by atoms with van der Waals surface area (Å²) in [6.45, 7) is 7.24. The molecule has 4 rings (SSSR count). The van der Waals surface area contributed by atoms with Crippen LogP contribution in [-0.4, -0.2) is 45.6 Å². The zero-order chi connectivity index (χ0) is 26.9. The molecule has 1 saturated heterocycles. The molecular weight excluding hydrogens is 496 g/mol. The van der Waals surface area contributed by atoms with Crippen LogP contribution in [0.3, 0.4) is 0 Å². The summed E-state index contributed by atoms with van der Waals surface area (Å²) in [6.07, 6.45) is -0.0412. The maximum absolute atomic E-state index is 13.3. The van der Waals surface area contributed by atoms with Crippen molar-refractivity contribution in [2.45, 2.75) is 39.8 Å². The molecular formula is C27H26N2O7S. The molecule has 10 heteroatoms. The van der Waals surface area contributed by atoms with Gasteiger partial charge in [-0.05, 0) is 69.7 Å². The molecule has 1 unspecified atom stereocenters. The number of phenolic OH excluding ortho intramolecular Hbond substituents is 1. The molecule has 1 aliphatic rings. The predicted octanol–water partition coefficient (Wildman–Crippen LogP) is 4.75. The molecule has 1 atom stereocenters. The molecule has 0 saturated carbocycles. The monoisotopic (exact) mass is 522 g/mol. The summed E-state index contributed by atoms with van der Waals surface area (Å²) in [6, 6.07) is 11.4. The minimum absolute atomic E-state index is 0.00358. The van der Waals surface area contributed by atoms with Crippen molar-refractivity contribution in [1.29, 1.82) is 0 Å². The van der Waals surface area contributed by atoms with Crippen LogP contribution >= 0.6 is 11.3 Å². The minimum Gasteiger partial charge on any atom is -0.508 e. The Kier molecular flexibility index (Phi) is 7.30. The molecule has 2 aromatic carbocycles. The lowest BCUT2D eigenvalue weighted by Crippen LogP contribution is -2.29. The summed E-state index contributed by atoms with van der Waals surface area (Å²) in [5, 5.41) is 21.2. The Balaban J connectivity index is 1.85. The number of carbonyl (C=O) groups is 3. The molecule has 0 spiro atoms. The lowest BCUT2D eigenvalue weighted by molar-refractivity contribution is -0.132. The molecule has 3 aromatic rings. The van der Waals surface area contributed by atoms with Gasteiger partial charge in [0.2, 0.25) is 0 Å². The van der Waals surface area contributed by atoms with Gasteiger partial charge in [0.1, 0.15) is 22.1 Å². The third-order valence-corrected chi connectivity index (χ3v) is 6.74. The number of hydrogen-bond donors (Lipinski definition) is 2. The smallest absolute Gasteiger partial charge is 0.350 e. The van der Waals surface area contributed by atoms with Gasteiger partial charge in [-0.1, -0.05) is 23.5 Å². The second kappa shape index (κ2) is 10.4. The van der Waals surface area contributed by atoms with Gasteiger partial charge in [-0.2, -0.15) is 0 Å². The summed E-state index contributed by atoms with van der Waals surface area (Å²) in [4.78, 5) is 44.7. The fourth-order valence-electron chi connectivity index (χ4n) is 3.99. The van der Waals surface area contributed by atoms with Crippen LogP contribution in [0.25, 0.3) is 5.76 Å². The second-order valence-electron chi connectivity index (χ2n) is 8.58. The van der Waals surface area contributed by atoms with Crippen LogP contribution in [0.1, 0.15) is 53.3 Å². The number of aliphatic hydroxyl groups is 1. The van der Waals surface area contributed by atoms with Crippen LogP contribution in [-0.2, 0) is 14.3 Å². The number of amides is 1. The first kappa shape index (κ1) is 25.9. The van der Waals surface area contributed by atoms with Gasteiger partial charge in [-0.3, -0.25) is 14.5 Å². The van der Waals surface area contributed by atoms with Crippen LogP contribution in [0.15, 0.2) is 54.1 Å². The summed E-state index contributed by atoms with van der Waals surface area (Å²) >= 11 is 0.926. The molecule has 2 heterocycles. The number of aliphatic hydroxyl groups excluding tert-OH is 1. The predicted molar refractivity (Wildman–Crippen MR) is 138 cm³/mol. The van der Waals surface area contributed by atoms with Crippen LogP contribution in [0.5, 0.6) is 11.5 Å². The first-order valence-electron chi connectivity index (χ1n) is 11.6. The summed E-state index contributed by atoms with van der Waals surface area (Å²) in [7, 11) is 0. The van der Waals surface area contributed by atoms with E-state index >= 15 is 0 Å². The molecule has 37 heavy (non-hydrogen) atoms. The standard InChI is InChI=1S/C27H26N2O7S/c1-5-35-26(34)24-15(4)28-27(37-24)29-21(16-6-10-18(30)11-7-16)20(23(32)25(29)33)22(31)17-8-12-19(13-9-17)36-14(2)3/h6-14,21,30-31H,5H2,1-4H3/b22-20+. The van der Waals surface area contributed by atoms with Crippen LogP contribution in [0, 0.1) is 6.92 Å². The molecule has 1 amide bonds. The topological polar surface area (TPSA) is 126 Å². The van der Waals surface area contributed by atoms with Crippen molar-refractivity contribution in [3.63, 3.8) is 0 Å². The lowest BCUT2D eigenvalue weighted by Gasteiger charge is -2.23. The number of nitrogens with zero attached hydrogens (tertiary/aromatic N) is 2. The fraction of sp³-hybridized carbons (Fsp3) is 0.259. The Morgan fingerprint density at radius 1 is 1.11 bits per heavy atom. The highest BCUT2D eigenvalue weighted by Crippen LogP contribution is 2.44. The SMILES string of the molecule is CCOC(=O)c1sc(N2C(=O)C(=O)/C(=C(/O)c3ccc(OC(C)C)cc3)C2c2ccc(O)cc2)nc1C. The van der Waals surface area contributed by atoms with Crippen LogP contribution < -0.4 is 9.64 Å². The van der Waals surface area contributed by atoms with Crippen LogP contribution in [0.2, 0.25) is 0 Å². The number of aryl methyl sites for hydroxylation is 1. The van der Waals surface area contributed by atoms with E-state index in [0.29, 0.717) is 22.6 Å². The van der Waals surface area contributed by atoms with Gasteiger partial charge in [0, 0.05) is 5.56 Å². The van der Waals surface area contributed by atoms with Crippen molar-refractivity contribution in [2.75, 3.05) is 11.5 Å². The number of hydrogen-bond acceptors (Lipinski definition) is 9. The maximum atomic E-state index is 13.3. The van der Waals surface area contributed by atoms with E-state index in [-0.39, 0.29) is 39.8 Å². The van der Waals surface area contributed by atoms with Crippen molar-refractivity contribution in [3.8, 4) is 11.5 Å². The van der Waals surface area contributed by atoms with Crippen molar-refractivity contribution in [2.24, 2.45) is 0 Å². The van der Waals surface area contributed by atoms with Crippen molar-refractivity contribution < 1.29 is 34.1 Å². The quantitative estimate of drug-likeness (QED) is 0.197. The number of anilines is 1. The highest BCUT2D eigenvalue weighted by molar-refractivity contribution is 7.17. The first-order chi connectivity index (χ1) is 17.6. The Labute approximate surface area is 217 Å². The molecule has 0 aliphatic carbocycles. The number of benzene rings is 2. The van der Waals surface area contributed by atoms with Gasteiger partial charge in [-0.15, -0.1) is 0 Å². The second-order valence-corrected chi connectivity index (χ2v) is 9.56. The number of aromatic nitrogens is 1. The number of esters is 1. The van der Waals surface area contributed by atoms with Crippen molar-refractivity contribution >= 4 is 39.9 Å². The van der Waals surface area contributed by atoms with E-state index < -0.39 is 23.7 Å². The molecule has 2 N–H and O–H groups in total. The number of thiazole rings is 1. The normalized spacial score (nSPS) is 16.9. The van der Waals surface area contributed by atoms with E-state index in [2.05, 4.69) is 4.98 Å². The Hall–Kier alpha value is -4.18. The molecule has 0 bridgehead atoms. The molecule has 192 valence electrons. The first-order valence-corrected chi connectivity index (χ1v) is 12.5. The third kappa shape index (κ3) is 5.05. The minimum atomic E-state index is -1.05. The van der Waals surface area contributed by atoms with Gasteiger partial charge in [0.15, 0.2) is 5.13 Å². The Morgan fingerprint density at radius 2 is 1.76 bits per heavy atom. The number of Topliss-reactive ketones (excluding diaryl/α,β-unsaturated/α-hetero) is 1. The molecule has 1 aliphatic heterocycles. The average molecular weight is 523 g/mol. The number of carbonyl (C=O) groups excluding carboxylic acids is 3. The Bertz CT molecular complexity index is 1370. The number of aromatic hydroxyl groups is 1. The summed E-state index contributed by atoms with van der Waals surface area (Å²) in [5.41, 5.74) is 0.994. The Morgan fingerprint density at radius 3 is 2.35 bits per heavy atom. The van der Waals surface area contributed by atoms with Gasteiger partial charge in [0.05, 0.1) is 30.0 Å². The van der Waals surface area contributed by atoms with E-state index in [1.165, 1.54) is 12.1 Å². The van der Waals surface area contributed by atoms with Crippen LogP contribution in [0.4, 0.5) is 5.13 Å². The largest absolute Gasteiger partial charge is 0.508 e. The lowest BCUT2D eigenvalue weighted by atomic mass is 9.95. The highest BCUT2D eigenvalue weighted by atomic mass is 32.1. The average Bonchev–Trinajstić information content (AvgIpc) is 3.36. The van der Waals surface area contributed by atoms with E-state index in [1.807, 2.05) is 13.8 Å².